The molecule has 2 aromatic heterocycles. The molecule has 0 bridgehead atoms. The van der Waals surface area contributed by atoms with Crippen LogP contribution < -0.4 is 10.6 Å². The fraction of sp³-hybridized carbons (Fsp3) is 0.500. The predicted molar refractivity (Wildman–Crippen MR) is 91.4 cm³/mol. The van der Waals surface area contributed by atoms with Gasteiger partial charge in [-0.05, 0) is 45.7 Å². The molecule has 0 aliphatic heterocycles. The number of nitrogens with zero attached hydrogens (tertiary/aromatic N) is 2. The summed E-state index contributed by atoms with van der Waals surface area (Å²) in [7, 11) is 0. The number of rotatable bonds is 6. The number of nitrogens with one attached hydrogen (secondary N) is 2. The van der Waals surface area contributed by atoms with Gasteiger partial charge in [0.2, 0.25) is 0 Å². The smallest absolute Gasteiger partial charge is 0.132 e. The fourth-order valence-electron chi connectivity index (χ4n) is 2.37. The van der Waals surface area contributed by atoms with Gasteiger partial charge in [-0.1, -0.05) is 6.92 Å². The van der Waals surface area contributed by atoms with Crippen LogP contribution in [0.3, 0.4) is 0 Å². The van der Waals surface area contributed by atoms with Crippen LogP contribution >= 0.6 is 11.3 Å². The van der Waals surface area contributed by atoms with Crippen molar-refractivity contribution >= 4 is 23.0 Å². The second-order valence-electron chi connectivity index (χ2n) is 5.35. The molecule has 5 heteroatoms. The lowest BCUT2D eigenvalue weighted by Gasteiger charge is -2.16. The van der Waals surface area contributed by atoms with Crippen LogP contribution in [0.1, 0.15) is 47.5 Å². The molecular formula is C16H24N4S. The van der Waals surface area contributed by atoms with E-state index in [0.717, 1.165) is 30.4 Å². The Hall–Kier alpha value is -1.62. The fourth-order valence-corrected chi connectivity index (χ4v) is 3.39. The Labute approximate surface area is 131 Å². The molecule has 0 fully saturated rings. The van der Waals surface area contributed by atoms with Gasteiger partial charge in [0.15, 0.2) is 0 Å². The highest BCUT2D eigenvalue weighted by Crippen LogP contribution is 2.28. The van der Waals surface area contributed by atoms with Crippen molar-refractivity contribution in [3.05, 3.63) is 33.3 Å². The maximum atomic E-state index is 4.49. The van der Waals surface area contributed by atoms with E-state index in [-0.39, 0.29) is 6.04 Å². The topological polar surface area (TPSA) is 49.8 Å². The monoisotopic (exact) mass is 304 g/mol. The van der Waals surface area contributed by atoms with Gasteiger partial charge in [-0.25, -0.2) is 9.97 Å². The Kier molecular flexibility index (Phi) is 5.17. The zero-order chi connectivity index (χ0) is 15.4. The SMILES string of the molecule is CCCNc1cc(NC(C)c2cc(C)sc2C)nc(C)n1. The average molecular weight is 304 g/mol. The molecule has 4 nitrogen and oxygen atoms in total. The summed E-state index contributed by atoms with van der Waals surface area (Å²) < 4.78 is 0. The minimum absolute atomic E-state index is 0.239. The van der Waals surface area contributed by atoms with E-state index in [1.165, 1.54) is 15.3 Å². The van der Waals surface area contributed by atoms with Gasteiger partial charge < -0.3 is 10.6 Å². The summed E-state index contributed by atoms with van der Waals surface area (Å²) in [6.45, 7) is 11.5. The van der Waals surface area contributed by atoms with Crippen molar-refractivity contribution in [1.29, 1.82) is 0 Å². The predicted octanol–water partition coefficient (Wildman–Crippen LogP) is 4.46. The van der Waals surface area contributed by atoms with E-state index in [4.69, 9.17) is 0 Å². The van der Waals surface area contributed by atoms with E-state index >= 15 is 0 Å². The summed E-state index contributed by atoms with van der Waals surface area (Å²) in [6.07, 6.45) is 1.08. The van der Waals surface area contributed by atoms with Crippen LogP contribution in [0.4, 0.5) is 11.6 Å². The summed E-state index contributed by atoms with van der Waals surface area (Å²) in [5, 5.41) is 6.80. The minimum atomic E-state index is 0.239. The maximum absolute atomic E-state index is 4.49. The molecule has 0 aliphatic rings. The number of hydrogen-bond donors (Lipinski definition) is 2. The summed E-state index contributed by atoms with van der Waals surface area (Å²) in [4.78, 5) is 11.6. The van der Waals surface area contributed by atoms with E-state index in [9.17, 15) is 0 Å². The average Bonchev–Trinajstić information content (AvgIpc) is 2.75. The van der Waals surface area contributed by atoms with Crippen molar-refractivity contribution in [2.45, 2.75) is 47.1 Å². The van der Waals surface area contributed by atoms with Gasteiger partial charge in [-0.2, -0.15) is 0 Å². The van der Waals surface area contributed by atoms with Gasteiger partial charge in [0, 0.05) is 22.4 Å². The first-order valence-electron chi connectivity index (χ1n) is 7.42. The van der Waals surface area contributed by atoms with E-state index < -0.39 is 0 Å². The van der Waals surface area contributed by atoms with Crippen molar-refractivity contribution in [3.63, 3.8) is 0 Å². The second kappa shape index (κ2) is 6.89. The first-order valence-corrected chi connectivity index (χ1v) is 8.24. The Bertz CT molecular complexity index is 606. The van der Waals surface area contributed by atoms with Crippen LogP contribution in [0.15, 0.2) is 12.1 Å². The van der Waals surface area contributed by atoms with Crippen molar-refractivity contribution < 1.29 is 0 Å². The largest absolute Gasteiger partial charge is 0.370 e. The zero-order valence-corrected chi connectivity index (χ0v) is 14.3. The number of anilines is 2. The molecule has 2 rings (SSSR count). The zero-order valence-electron chi connectivity index (χ0n) is 13.4. The van der Waals surface area contributed by atoms with Crippen molar-refractivity contribution in [2.75, 3.05) is 17.2 Å². The van der Waals surface area contributed by atoms with Crippen LogP contribution in [-0.2, 0) is 0 Å². The highest BCUT2D eigenvalue weighted by atomic mass is 32.1. The van der Waals surface area contributed by atoms with Crippen LogP contribution in [-0.4, -0.2) is 16.5 Å². The highest BCUT2D eigenvalue weighted by Gasteiger charge is 2.12. The Morgan fingerprint density at radius 1 is 1.14 bits per heavy atom. The molecule has 0 saturated carbocycles. The Morgan fingerprint density at radius 2 is 1.86 bits per heavy atom. The lowest BCUT2D eigenvalue weighted by molar-refractivity contribution is 0.863. The molecule has 2 N–H and O–H groups in total. The molecule has 1 atom stereocenters. The summed E-state index contributed by atoms with van der Waals surface area (Å²) in [5.41, 5.74) is 1.34. The summed E-state index contributed by atoms with van der Waals surface area (Å²) in [5.74, 6) is 2.54. The van der Waals surface area contributed by atoms with Crippen LogP contribution in [0, 0.1) is 20.8 Å². The lowest BCUT2D eigenvalue weighted by atomic mass is 10.1. The first kappa shape index (κ1) is 15.8. The Balaban J connectivity index is 2.14. The molecule has 0 saturated heterocycles. The number of aromatic nitrogens is 2. The first-order chi connectivity index (χ1) is 9.99. The van der Waals surface area contributed by atoms with Crippen LogP contribution in [0.25, 0.3) is 0 Å². The molecule has 0 amide bonds. The summed E-state index contributed by atoms with van der Waals surface area (Å²) >= 11 is 1.84. The third kappa shape index (κ3) is 4.17. The van der Waals surface area contributed by atoms with Gasteiger partial charge in [-0.15, -0.1) is 11.3 Å². The summed E-state index contributed by atoms with van der Waals surface area (Å²) in [6, 6.07) is 4.47. The van der Waals surface area contributed by atoms with Gasteiger partial charge in [-0.3, -0.25) is 0 Å². The number of aryl methyl sites for hydroxylation is 3. The Morgan fingerprint density at radius 3 is 2.48 bits per heavy atom. The van der Waals surface area contributed by atoms with E-state index in [2.05, 4.69) is 54.4 Å². The molecule has 21 heavy (non-hydrogen) atoms. The van der Waals surface area contributed by atoms with Crippen molar-refractivity contribution in [1.82, 2.24) is 9.97 Å². The minimum Gasteiger partial charge on any atom is -0.370 e. The standard InChI is InChI=1S/C16H24N4S/c1-6-7-17-15-9-16(20-13(5)19-15)18-11(3)14-8-10(2)21-12(14)4/h8-9,11H,6-7H2,1-5H3,(H2,17,18,19,20). The van der Waals surface area contributed by atoms with E-state index in [1.807, 2.05) is 24.3 Å². The normalized spacial score (nSPS) is 12.2. The molecule has 0 aromatic carbocycles. The number of hydrogen-bond acceptors (Lipinski definition) is 5. The van der Waals surface area contributed by atoms with Crippen LogP contribution in [0.5, 0.6) is 0 Å². The van der Waals surface area contributed by atoms with Gasteiger partial charge in [0.05, 0.1) is 6.04 Å². The van der Waals surface area contributed by atoms with Gasteiger partial charge in [0.25, 0.3) is 0 Å². The van der Waals surface area contributed by atoms with Crippen molar-refractivity contribution in [3.8, 4) is 0 Å². The van der Waals surface area contributed by atoms with E-state index in [0.29, 0.717) is 0 Å². The maximum Gasteiger partial charge on any atom is 0.132 e. The highest BCUT2D eigenvalue weighted by molar-refractivity contribution is 7.12. The van der Waals surface area contributed by atoms with Gasteiger partial charge >= 0.3 is 0 Å². The molecule has 2 heterocycles. The molecule has 1 unspecified atom stereocenters. The van der Waals surface area contributed by atoms with E-state index in [1.54, 1.807) is 0 Å². The molecule has 0 aliphatic carbocycles. The molecular weight excluding hydrogens is 280 g/mol. The molecule has 2 aromatic rings. The molecule has 114 valence electrons. The quantitative estimate of drug-likeness (QED) is 0.827. The second-order valence-corrected chi connectivity index (χ2v) is 6.81. The third-order valence-corrected chi connectivity index (χ3v) is 4.29. The molecule has 0 spiro atoms. The molecule has 0 radical (unpaired) electrons. The third-order valence-electron chi connectivity index (χ3n) is 3.30. The van der Waals surface area contributed by atoms with Crippen LogP contribution in [0.2, 0.25) is 0 Å². The van der Waals surface area contributed by atoms with Crippen molar-refractivity contribution in [2.24, 2.45) is 0 Å². The lowest BCUT2D eigenvalue weighted by Crippen LogP contribution is -2.11. The number of thiophene rings is 1. The van der Waals surface area contributed by atoms with Gasteiger partial charge in [0.1, 0.15) is 17.5 Å².